The van der Waals surface area contributed by atoms with Crippen LogP contribution >= 0.6 is 0 Å². The molecule has 2 rings (SSSR count). The molecule has 4 heteroatoms. The Labute approximate surface area is 146 Å². The van der Waals surface area contributed by atoms with Gasteiger partial charge in [0.25, 0.3) is 0 Å². The van der Waals surface area contributed by atoms with E-state index in [0.29, 0.717) is 20.4 Å². The van der Waals surface area contributed by atoms with E-state index in [-0.39, 0.29) is 48.0 Å². The second-order valence-corrected chi connectivity index (χ2v) is 10.6. The summed E-state index contributed by atoms with van der Waals surface area (Å²) in [4.78, 5) is 0. The maximum Gasteiger partial charge on any atom is 0.363 e. The molecule has 2 aliphatic carbocycles. The van der Waals surface area contributed by atoms with E-state index in [1.807, 2.05) is 0 Å². The van der Waals surface area contributed by atoms with Crippen LogP contribution < -0.4 is 24.8 Å². The molecule has 0 nitrogen and oxygen atoms in total. The molecule has 0 spiro atoms. The van der Waals surface area contributed by atoms with E-state index in [1.54, 1.807) is 6.56 Å². The number of rotatable bonds is 4. The largest absolute Gasteiger partial charge is 1.00 e. The molecule has 0 aromatic carbocycles. The molecule has 0 bridgehead atoms. The molecule has 0 saturated heterocycles. The van der Waals surface area contributed by atoms with Gasteiger partial charge in [0.05, 0.1) is 0 Å². The van der Waals surface area contributed by atoms with Gasteiger partial charge in [-0.15, -0.1) is 9.10 Å². The van der Waals surface area contributed by atoms with Gasteiger partial charge in [0.15, 0.2) is 0 Å². The molecule has 0 fully saturated rings. The fraction of sp³-hybridized carbons (Fsp3) is 0.429. The van der Waals surface area contributed by atoms with Crippen molar-refractivity contribution in [2.24, 2.45) is 0 Å². The number of hydrogen-bond acceptors (Lipinski definition) is 0. The quantitative estimate of drug-likeness (QED) is 0.516. The van der Waals surface area contributed by atoms with Gasteiger partial charge in [-0.2, -0.15) is 0 Å². The van der Waals surface area contributed by atoms with E-state index in [4.69, 9.17) is 0 Å². The van der Waals surface area contributed by atoms with E-state index in [0.717, 1.165) is 0 Å². The van der Waals surface area contributed by atoms with Crippen LogP contribution in [-0.4, -0.2) is 20.4 Å². The molecular weight excluding hydrogens is 355 g/mol. The minimum absolute atomic E-state index is 0. The van der Waals surface area contributed by atoms with Crippen molar-refractivity contribution in [1.82, 2.24) is 0 Å². The molecular formula is C14H20Cl2MgZr. The summed E-state index contributed by atoms with van der Waals surface area (Å²) in [5.41, 5.74) is 0. The summed E-state index contributed by atoms with van der Waals surface area (Å²) in [6.45, 7) is 4.55. The predicted octanol–water partition coefficient (Wildman–Crippen LogP) is -1.67. The van der Waals surface area contributed by atoms with Crippen LogP contribution in [0.25, 0.3) is 0 Å². The molecule has 0 amide bonds. The van der Waals surface area contributed by atoms with Crippen LogP contribution in [-0.2, 0) is 23.2 Å². The summed E-state index contributed by atoms with van der Waals surface area (Å²) in [6, 6.07) is 0. The van der Waals surface area contributed by atoms with E-state index < -0.39 is 0 Å². The zero-order valence-corrected chi connectivity index (χ0v) is 16.6. The molecule has 0 radical (unpaired) electrons. The first-order chi connectivity index (χ1) is 7.86. The fourth-order valence-electron chi connectivity index (χ4n) is 1.64. The van der Waals surface area contributed by atoms with Crippen molar-refractivity contribution >= 4 is 20.4 Å². The van der Waals surface area contributed by atoms with Gasteiger partial charge in [-0.25, -0.2) is 0 Å². The average Bonchev–Trinajstić information content (AvgIpc) is 2.94. The molecule has 0 atom stereocenters. The third kappa shape index (κ3) is 10.0. The maximum absolute atomic E-state index is 2.31. The van der Waals surface area contributed by atoms with Crippen molar-refractivity contribution in [2.45, 2.75) is 35.8 Å². The van der Waals surface area contributed by atoms with Gasteiger partial charge in [0.1, 0.15) is 0 Å². The van der Waals surface area contributed by atoms with E-state index in [2.05, 4.69) is 50.3 Å². The normalized spacial score (nSPS) is 14.1. The van der Waals surface area contributed by atoms with Gasteiger partial charge >= 0.3 is 99.5 Å². The van der Waals surface area contributed by atoms with Crippen LogP contribution in [0, 0.1) is 0 Å². The Morgan fingerprint density at radius 2 is 1.39 bits per heavy atom. The van der Waals surface area contributed by atoms with Gasteiger partial charge < -0.3 is 24.8 Å². The molecule has 0 aromatic rings. The molecule has 96 valence electrons. The van der Waals surface area contributed by atoms with E-state index >= 15 is 0 Å². The Balaban J connectivity index is 0. The van der Waals surface area contributed by atoms with Gasteiger partial charge in [0.2, 0.25) is 0 Å². The zero-order valence-electron chi connectivity index (χ0n) is 11.3. The monoisotopic (exact) mass is 372 g/mol. The van der Waals surface area contributed by atoms with Crippen molar-refractivity contribution in [3.63, 3.8) is 0 Å². The maximum atomic E-state index is 2.31. The van der Waals surface area contributed by atoms with Crippen LogP contribution in [0.3, 0.4) is 0 Å². The molecule has 18 heavy (non-hydrogen) atoms. The van der Waals surface area contributed by atoms with Crippen LogP contribution in [0.4, 0.5) is 0 Å². The second kappa shape index (κ2) is 14.6. The van der Waals surface area contributed by atoms with E-state index in [1.165, 1.54) is 21.9 Å². The summed E-state index contributed by atoms with van der Waals surface area (Å²) in [6.07, 6.45) is 16.0. The third-order valence-electron chi connectivity index (χ3n) is 2.57. The molecule has 0 heterocycles. The fourth-order valence-corrected chi connectivity index (χ4v) is 5.32. The Hall–Kier alpha value is 1.19. The summed E-state index contributed by atoms with van der Waals surface area (Å²) in [7, 11) is 0. The molecule has 0 N–H and O–H groups in total. The van der Waals surface area contributed by atoms with Crippen LogP contribution in [0.1, 0.15) is 26.7 Å². The standard InChI is InChI=1S/2C5H5.2C2H5.2ClH.Mg.Zr/c2*1-2-4-5-3-1;2*1-2;;;;/h2*1-3H,4H2;2*1H2,2H3;2*1H;;/q;;;;;;;+2/p-2. The molecule has 0 aromatic heterocycles. The van der Waals surface area contributed by atoms with Crippen molar-refractivity contribution in [3.8, 4) is 0 Å². The van der Waals surface area contributed by atoms with Gasteiger partial charge in [0, 0.05) is 0 Å². The minimum Gasteiger partial charge on any atom is -1.00 e. The number of hydrogen-bond donors (Lipinski definition) is 0. The first-order valence-electron chi connectivity index (χ1n) is 6.35. The Bertz CT molecular complexity index is 290. The van der Waals surface area contributed by atoms with Crippen LogP contribution in [0.5, 0.6) is 0 Å². The second-order valence-electron chi connectivity index (χ2n) is 4.13. The molecule has 0 saturated carbocycles. The molecule has 0 aliphatic heterocycles. The first kappa shape index (κ1) is 21.5. The Morgan fingerprint density at radius 1 is 0.944 bits per heavy atom. The Morgan fingerprint density at radius 3 is 1.61 bits per heavy atom. The number of halogens is 2. The Kier molecular flexibility index (Phi) is 17.4. The summed E-state index contributed by atoms with van der Waals surface area (Å²) < 4.78 is 6.42. The van der Waals surface area contributed by atoms with Gasteiger partial charge in [-0.3, -0.25) is 0 Å². The summed E-state index contributed by atoms with van der Waals surface area (Å²) in [5.74, 6) is 0. The predicted molar refractivity (Wildman–Crippen MR) is 70.4 cm³/mol. The third-order valence-corrected chi connectivity index (χ3v) is 7.39. The summed E-state index contributed by atoms with van der Waals surface area (Å²) in [5, 5.41) is 0. The van der Waals surface area contributed by atoms with Gasteiger partial charge in [-0.05, 0) is 0 Å². The van der Waals surface area contributed by atoms with E-state index in [9.17, 15) is 0 Å². The first-order valence-corrected chi connectivity index (χ1v) is 10.8. The van der Waals surface area contributed by atoms with Crippen molar-refractivity contribution in [2.75, 3.05) is 0 Å². The smallest absolute Gasteiger partial charge is 0.363 e. The molecule has 0 unspecified atom stereocenters. The van der Waals surface area contributed by atoms with Gasteiger partial charge in [-0.1, -0.05) is 13.8 Å². The zero-order chi connectivity index (χ0) is 11.6. The molecule has 2 aliphatic rings. The van der Waals surface area contributed by atoms with Crippen molar-refractivity contribution in [3.05, 3.63) is 43.0 Å². The average molecular weight is 375 g/mol. The topological polar surface area (TPSA) is 0 Å². The minimum atomic E-state index is -0.312. The van der Waals surface area contributed by atoms with Crippen molar-refractivity contribution < 1.29 is 48.0 Å². The van der Waals surface area contributed by atoms with Crippen LogP contribution in [0.15, 0.2) is 43.0 Å². The SMILES string of the molecule is C1=CC[C]([Zr+2][C]2=CC=CC2)=C1.C[CH2][Mg][CH2]C.[Cl-].[Cl-]. The van der Waals surface area contributed by atoms with Crippen molar-refractivity contribution in [1.29, 1.82) is 0 Å². The summed E-state index contributed by atoms with van der Waals surface area (Å²) >= 11 is 0.120. The number of allylic oxidation sites excluding steroid dienone is 8. The van der Waals surface area contributed by atoms with Crippen LogP contribution in [0.2, 0.25) is 9.10 Å².